The van der Waals surface area contributed by atoms with Gasteiger partial charge in [-0.25, -0.2) is 13.8 Å². The van der Waals surface area contributed by atoms with E-state index in [0.717, 1.165) is 12.1 Å². The number of anilines is 1. The molecule has 13 heteroatoms. The van der Waals surface area contributed by atoms with Gasteiger partial charge in [0.25, 0.3) is 15.9 Å². The number of carbonyl (C=O) groups is 1. The molecule has 0 heterocycles. The number of nitrogens with one attached hydrogen (secondary N) is 1. The molecule has 0 aliphatic heterocycles. The zero-order chi connectivity index (χ0) is 27.2. The highest BCUT2D eigenvalue weighted by Crippen LogP contribution is 2.38. The SMILES string of the molecule is COc1ccc(OC)c(/C=N\NC(=O)CN(c2ccc(Cl)c(C(F)(F)F)c2)S(=O)(=O)c2ccccc2)c1. The van der Waals surface area contributed by atoms with Crippen molar-refractivity contribution in [3.8, 4) is 11.5 Å². The van der Waals surface area contributed by atoms with Gasteiger partial charge < -0.3 is 9.47 Å². The van der Waals surface area contributed by atoms with Crippen LogP contribution in [0.3, 0.4) is 0 Å². The largest absolute Gasteiger partial charge is 0.497 e. The molecule has 0 aromatic heterocycles. The van der Waals surface area contributed by atoms with Crippen molar-refractivity contribution in [2.24, 2.45) is 5.10 Å². The summed E-state index contributed by atoms with van der Waals surface area (Å²) in [5.74, 6) is 0.00552. The van der Waals surface area contributed by atoms with Crippen LogP contribution in [0, 0.1) is 0 Å². The molecule has 1 amide bonds. The molecule has 0 saturated heterocycles. The quantitative estimate of drug-likeness (QED) is 0.304. The maximum absolute atomic E-state index is 13.4. The molecular weight excluding hydrogens is 535 g/mol. The first kappa shape index (κ1) is 27.8. The average molecular weight is 556 g/mol. The minimum atomic E-state index is -4.85. The van der Waals surface area contributed by atoms with Crippen LogP contribution in [0.15, 0.2) is 76.7 Å². The molecule has 1 N–H and O–H groups in total. The minimum absolute atomic E-state index is 0.226. The summed E-state index contributed by atoms with van der Waals surface area (Å²) in [5, 5.41) is 3.20. The molecule has 37 heavy (non-hydrogen) atoms. The van der Waals surface area contributed by atoms with Crippen molar-refractivity contribution >= 4 is 39.4 Å². The second-order valence-electron chi connectivity index (χ2n) is 7.39. The summed E-state index contributed by atoms with van der Waals surface area (Å²) < 4.78 is 77.9. The fourth-order valence-electron chi connectivity index (χ4n) is 3.20. The number of halogens is 4. The molecule has 0 atom stereocenters. The van der Waals surface area contributed by atoms with E-state index in [4.69, 9.17) is 21.1 Å². The van der Waals surface area contributed by atoms with Crippen LogP contribution in [0.1, 0.15) is 11.1 Å². The highest BCUT2D eigenvalue weighted by atomic mass is 35.5. The number of methoxy groups -OCH3 is 2. The predicted octanol–water partition coefficient (Wildman–Crippen LogP) is 4.72. The number of alkyl halides is 3. The highest BCUT2D eigenvalue weighted by molar-refractivity contribution is 7.92. The molecule has 3 aromatic rings. The van der Waals surface area contributed by atoms with Gasteiger partial charge in [0.05, 0.1) is 41.6 Å². The molecular formula is C24H21ClF3N3O5S. The second kappa shape index (κ2) is 11.5. The summed E-state index contributed by atoms with van der Waals surface area (Å²) in [5.41, 5.74) is 0.972. The van der Waals surface area contributed by atoms with Gasteiger partial charge in [-0.1, -0.05) is 29.8 Å². The van der Waals surface area contributed by atoms with Crippen molar-refractivity contribution < 1.29 is 35.9 Å². The maximum atomic E-state index is 13.4. The van der Waals surface area contributed by atoms with E-state index in [2.05, 4.69) is 10.5 Å². The topological polar surface area (TPSA) is 97.3 Å². The third-order valence-corrected chi connectivity index (χ3v) is 7.11. The Kier molecular flexibility index (Phi) is 8.66. The number of benzene rings is 3. The number of rotatable bonds is 9. The fourth-order valence-corrected chi connectivity index (χ4v) is 4.86. The molecule has 196 valence electrons. The maximum Gasteiger partial charge on any atom is 0.417 e. The molecule has 0 spiro atoms. The van der Waals surface area contributed by atoms with E-state index in [1.165, 1.54) is 44.7 Å². The van der Waals surface area contributed by atoms with E-state index in [1.807, 2.05) is 0 Å². The number of carbonyl (C=O) groups excluding carboxylic acids is 1. The molecule has 0 aliphatic carbocycles. The molecule has 8 nitrogen and oxygen atoms in total. The molecule has 0 aliphatic rings. The van der Waals surface area contributed by atoms with Crippen molar-refractivity contribution in [2.75, 3.05) is 25.1 Å². The Morgan fingerprint density at radius 1 is 1.05 bits per heavy atom. The van der Waals surface area contributed by atoms with Crippen LogP contribution >= 0.6 is 11.6 Å². The first-order valence-electron chi connectivity index (χ1n) is 10.5. The van der Waals surface area contributed by atoms with Gasteiger partial charge in [0.1, 0.15) is 18.0 Å². The average Bonchev–Trinajstić information content (AvgIpc) is 2.87. The Hall–Kier alpha value is -3.77. The fraction of sp³-hybridized carbons (Fsp3) is 0.167. The van der Waals surface area contributed by atoms with Crippen LogP contribution in [0.25, 0.3) is 0 Å². The lowest BCUT2D eigenvalue weighted by atomic mass is 10.2. The van der Waals surface area contributed by atoms with E-state index in [0.29, 0.717) is 27.4 Å². The summed E-state index contributed by atoms with van der Waals surface area (Å²) in [6.45, 7) is -0.872. The first-order chi connectivity index (χ1) is 17.5. The van der Waals surface area contributed by atoms with Gasteiger partial charge in [0, 0.05) is 5.56 Å². The number of sulfonamides is 1. The van der Waals surface area contributed by atoms with Gasteiger partial charge in [0.15, 0.2) is 0 Å². The number of ether oxygens (including phenoxy) is 2. The number of nitrogens with zero attached hydrogens (tertiary/aromatic N) is 2. The van der Waals surface area contributed by atoms with Crippen LogP contribution in [0.5, 0.6) is 11.5 Å². The van der Waals surface area contributed by atoms with Gasteiger partial charge in [-0.05, 0) is 48.5 Å². The molecule has 0 radical (unpaired) electrons. The van der Waals surface area contributed by atoms with Crippen LogP contribution < -0.4 is 19.2 Å². The van der Waals surface area contributed by atoms with Gasteiger partial charge in [-0.2, -0.15) is 18.3 Å². The summed E-state index contributed by atoms with van der Waals surface area (Å²) in [6, 6.07) is 14.4. The lowest BCUT2D eigenvalue weighted by Gasteiger charge is -2.24. The third-order valence-electron chi connectivity index (χ3n) is 4.99. The van der Waals surface area contributed by atoms with E-state index >= 15 is 0 Å². The number of hydrogen-bond acceptors (Lipinski definition) is 6. The van der Waals surface area contributed by atoms with Gasteiger partial charge in [0.2, 0.25) is 0 Å². The summed E-state index contributed by atoms with van der Waals surface area (Å²) in [7, 11) is -1.55. The van der Waals surface area contributed by atoms with Crippen LogP contribution in [-0.2, 0) is 21.0 Å². The Morgan fingerprint density at radius 2 is 1.76 bits per heavy atom. The van der Waals surface area contributed by atoms with E-state index < -0.39 is 44.9 Å². The zero-order valence-electron chi connectivity index (χ0n) is 19.5. The molecule has 0 saturated carbocycles. The Balaban J connectivity index is 1.93. The molecule has 0 unspecified atom stereocenters. The van der Waals surface area contributed by atoms with Crippen LogP contribution in [0.4, 0.5) is 18.9 Å². The Morgan fingerprint density at radius 3 is 2.38 bits per heavy atom. The Bertz CT molecular complexity index is 1400. The molecule has 3 rings (SSSR count). The van der Waals surface area contributed by atoms with Gasteiger partial charge in [-0.15, -0.1) is 0 Å². The predicted molar refractivity (Wildman–Crippen MR) is 133 cm³/mol. The molecule has 3 aromatic carbocycles. The van der Waals surface area contributed by atoms with Crippen molar-refractivity contribution in [1.82, 2.24) is 5.43 Å². The van der Waals surface area contributed by atoms with Crippen molar-refractivity contribution in [3.05, 3.63) is 82.9 Å². The lowest BCUT2D eigenvalue weighted by molar-refractivity contribution is -0.137. The van der Waals surface area contributed by atoms with Crippen LogP contribution in [-0.4, -0.2) is 41.3 Å². The molecule has 0 bridgehead atoms. The van der Waals surface area contributed by atoms with Crippen molar-refractivity contribution in [2.45, 2.75) is 11.1 Å². The number of amides is 1. The lowest BCUT2D eigenvalue weighted by Crippen LogP contribution is -2.39. The van der Waals surface area contributed by atoms with Crippen LogP contribution in [0.2, 0.25) is 5.02 Å². The van der Waals surface area contributed by atoms with Gasteiger partial charge in [-0.3, -0.25) is 9.10 Å². The third kappa shape index (κ3) is 6.71. The van der Waals surface area contributed by atoms with Gasteiger partial charge >= 0.3 is 6.18 Å². The van der Waals surface area contributed by atoms with E-state index in [9.17, 15) is 26.4 Å². The smallest absolute Gasteiger partial charge is 0.417 e. The first-order valence-corrected chi connectivity index (χ1v) is 12.3. The van der Waals surface area contributed by atoms with E-state index in [1.54, 1.807) is 24.3 Å². The second-order valence-corrected chi connectivity index (χ2v) is 9.66. The Labute approximate surface area is 216 Å². The summed E-state index contributed by atoms with van der Waals surface area (Å²) in [6.07, 6.45) is -3.60. The molecule has 0 fully saturated rings. The van der Waals surface area contributed by atoms with Crippen molar-refractivity contribution in [3.63, 3.8) is 0 Å². The normalized spacial score (nSPS) is 11.8. The highest BCUT2D eigenvalue weighted by Gasteiger charge is 2.35. The summed E-state index contributed by atoms with van der Waals surface area (Å²) in [4.78, 5) is 12.5. The standard InChI is InChI=1S/C24H21ClF3N3O5S/c1-35-18-9-11-22(36-2)16(12-18)14-29-30-23(32)15-31(37(33,34)19-6-4-3-5-7-19)17-8-10-21(25)20(13-17)24(26,27)28/h3-14H,15H2,1-2H3,(H,30,32)/b29-14-. The monoisotopic (exact) mass is 555 g/mol. The summed E-state index contributed by atoms with van der Waals surface area (Å²) >= 11 is 5.69. The van der Waals surface area contributed by atoms with Crippen molar-refractivity contribution in [1.29, 1.82) is 0 Å². The number of hydrogen-bond donors (Lipinski definition) is 1. The zero-order valence-corrected chi connectivity index (χ0v) is 21.1. The van der Waals surface area contributed by atoms with E-state index in [-0.39, 0.29) is 4.90 Å². The number of hydrazone groups is 1. The minimum Gasteiger partial charge on any atom is -0.497 e.